The van der Waals surface area contributed by atoms with E-state index in [9.17, 15) is 14.4 Å². The first kappa shape index (κ1) is 34.1. The lowest BCUT2D eigenvalue weighted by molar-refractivity contribution is -0.132. The maximum absolute atomic E-state index is 13.3. The number of ketones is 1. The molecule has 0 aromatic carbocycles. The fourth-order valence-electron chi connectivity index (χ4n) is 3.98. The van der Waals surface area contributed by atoms with Crippen LogP contribution < -0.4 is 33.6 Å². The highest BCUT2D eigenvalue weighted by Crippen LogP contribution is 2.16. The molecule has 2 amide bonds. The second-order valence-corrected chi connectivity index (χ2v) is 9.55. The molecule has 0 aromatic heterocycles. The molecule has 2 unspecified atom stereocenters. The molecular formula is C26H52N8O3. The number of hydrogen-bond acceptors (Lipinski definition) is 5. The van der Waals surface area contributed by atoms with E-state index >= 15 is 0 Å². The van der Waals surface area contributed by atoms with E-state index in [4.69, 9.17) is 22.9 Å². The number of guanidine groups is 2. The Balaban J connectivity index is 5.08. The molecule has 0 spiro atoms. The van der Waals surface area contributed by atoms with Crippen LogP contribution in [-0.2, 0) is 14.4 Å². The van der Waals surface area contributed by atoms with Crippen molar-refractivity contribution in [1.82, 2.24) is 10.6 Å². The molecule has 0 bridgehead atoms. The van der Waals surface area contributed by atoms with E-state index in [0.717, 1.165) is 25.7 Å². The van der Waals surface area contributed by atoms with Crippen molar-refractivity contribution in [1.29, 1.82) is 0 Å². The molecule has 0 saturated heterocycles. The van der Waals surface area contributed by atoms with Gasteiger partial charge in [0.1, 0.15) is 0 Å². The third-order valence-corrected chi connectivity index (χ3v) is 6.05. The van der Waals surface area contributed by atoms with Crippen molar-refractivity contribution >= 4 is 29.5 Å². The van der Waals surface area contributed by atoms with E-state index in [2.05, 4.69) is 27.5 Å². The van der Waals surface area contributed by atoms with E-state index in [1.54, 1.807) is 0 Å². The summed E-state index contributed by atoms with van der Waals surface area (Å²) in [5.41, 5.74) is 21.5. The lowest BCUT2D eigenvalue weighted by Crippen LogP contribution is -2.43. The molecule has 0 aliphatic carbocycles. The predicted octanol–water partition coefficient (Wildman–Crippen LogP) is 1.82. The van der Waals surface area contributed by atoms with E-state index in [-0.39, 0.29) is 35.9 Å². The molecular weight excluding hydrogens is 472 g/mol. The van der Waals surface area contributed by atoms with Crippen molar-refractivity contribution in [2.45, 2.75) is 110 Å². The maximum atomic E-state index is 13.3. The molecule has 0 aliphatic rings. The average Bonchev–Trinajstić information content (AvgIpc) is 2.85. The Labute approximate surface area is 223 Å². The van der Waals surface area contributed by atoms with Crippen molar-refractivity contribution in [3.8, 4) is 0 Å². The summed E-state index contributed by atoms with van der Waals surface area (Å²) >= 11 is 0. The minimum absolute atomic E-state index is 0.00688. The van der Waals surface area contributed by atoms with Crippen LogP contribution in [0.25, 0.3) is 0 Å². The number of amides is 2. The van der Waals surface area contributed by atoms with Gasteiger partial charge in [0.25, 0.3) is 0 Å². The van der Waals surface area contributed by atoms with Gasteiger partial charge in [-0.3, -0.25) is 24.4 Å². The standard InChI is InChI=1S/C26H52N8O3/c1-3-5-6-7-8-9-10-15-23(36)34-21(14-12-18-33-26(29)30)22(35)19-20(24(37)31-16-4-2)13-11-17-32-25(27)28/h20-21H,3-19H2,1-2H3,(H,31,37)(H,34,36)(H4,27,28,32)(H4,29,30,33). The number of nitrogens with zero attached hydrogens (tertiary/aromatic N) is 2. The van der Waals surface area contributed by atoms with Crippen LogP contribution >= 0.6 is 0 Å². The lowest BCUT2D eigenvalue weighted by atomic mass is 9.91. The van der Waals surface area contributed by atoms with Gasteiger partial charge in [0, 0.05) is 38.4 Å². The van der Waals surface area contributed by atoms with Crippen molar-refractivity contribution < 1.29 is 14.4 Å². The van der Waals surface area contributed by atoms with Crippen LogP contribution in [0.3, 0.4) is 0 Å². The Bertz CT molecular complexity index is 704. The number of aliphatic imine (C=N–C) groups is 2. The van der Waals surface area contributed by atoms with Crippen LogP contribution in [0.15, 0.2) is 9.98 Å². The Hall–Kier alpha value is -2.85. The summed E-state index contributed by atoms with van der Waals surface area (Å²) < 4.78 is 0. The number of nitrogens with two attached hydrogens (primary N) is 4. The molecule has 0 saturated carbocycles. The second kappa shape index (κ2) is 22.4. The van der Waals surface area contributed by atoms with Crippen LogP contribution in [0.1, 0.15) is 104 Å². The molecule has 37 heavy (non-hydrogen) atoms. The van der Waals surface area contributed by atoms with Crippen molar-refractivity contribution in [2.24, 2.45) is 38.8 Å². The van der Waals surface area contributed by atoms with Gasteiger partial charge in [0.15, 0.2) is 17.7 Å². The van der Waals surface area contributed by atoms with Crippen molar-refractivity contribution in [2.75, 3.05) is 19.6 Å². The van der Waals surface area contributed by atoms with E-state index in [1.165, 1.54) is 25.7 Å². The molecule has 0 aliphatic heterocycles. The Morgan fingerprint density at radius 1 is 0.730 bits per heavy atom. The number of Topliss-reactive ketones (excluding diaryl/α,β-unsaturated/α-hetero) is 1. The minimum atomic E-state index is -0.689. The van der Waals surface area contributed by atoms with E-state index in [1.807, 2.05) is 6.92 Å². The molecule has 0 fully saturated rings. The highest BCUT2D eigenvalue weighted by molar-refractivity contribution is 5.92. The fourth-order valence-corrected chi connectivity index (χ4v) is 3.98. The van der Waals surface area contributed by atoms with Gasteiger partial charge >= 0.3 is 0 Å². The summed E-state index contributed by atoms with van der Waals surface area (Å²) in [6.07, 6.45) is 10.9. The highest BCUT2D eigenvalue weighted by atomic mass is 16.2. The van der Waals surface area contributed by atoms with Gasteiger partial charge in [-0.15, -0.1) is 0 Å². The molecule has 2 atom stereocenters. The van der Waals surface area contributed by atoms with Gasteiger partial charge in [0.2, 0.25) is 11.8 Å². The second-order valence-electron chi connectivity index (χ2n) is 9.55. The number of carbonyl (C=O) groups excluding carboxylic acids is 3. The molecule has 0 heterocycles. The number of unbranched alkanes of at least 4 members (excludes halogenated alkanes) is 6. The molecule has 11 heteroatoms. The maximum Gasteiger partial charge on any atom is 0.223 e. The first-order valence-corrected chi connectivity index (χ1v) is 13.9. The Morgan fingerprint density at radius 3 is 1.86 bits per heavy atom. The van der Waals surface area contributed by atoms with Gasteiger partial charge in [0.05, 0.1) is 6.04 Å². The zero-order valence-corrected chi connectivity index (χ0v) is 23.1. The van der Waals surface area contributed by atoms with Gasteiger partial charge in [-0.2, -0.15) is 0 Å². The fraction of sp³-hybridized carbons (Fsp3) is 0.808. The Kier molecular flexibility index (Phi) is 20.6. The summed E-state index contributed by atoms with van der Waals surface area (Å²) in [6.45, 7) is 5.43. The largest absolute Gasteiger partial charge is 0.370 e. The zero-order chi connectivity index (χ0) is 27.9. The molecule has 11 nitrogen and oxygen atoms in total. The number of hydrogen-bond donors (Lipinski definition) is 6. The normalized spacial score (nSPS) is 12.3. The summed E-state index contributed by atoms with van der Waals surface area (Å²) in [7, 11) is 0. The molecule has 0 rings (SSSR count). The molecule has 0 aromatic rings. The predicted molar refractivity (Wildman–Crippen MR) is 151 cm³/mol. The third-order valence-electron chi connectivity index (χ3n) is 6.05. The summed E-state index contributed by atoms with van der Waals surface area (Å²) in [5.74, 6) is -1.03. The van der Waals surface area contributed by atoms with Crippen LogP contribution in [0.2, 0.25) is 0 Å². The zero-order valence-electron chi connectivity index (χ0n) is 23.1. The minimum Gasteiger partial charge on any atom is -0.370 e. The van der Waals surface area contributed by atoms with Crippen LogP contribution in [0, 0.1) is 5.92 Å². The van der Waals surface area contributed by atoms with Crippen LogP contribution in [0.5, 0.6) is 0 Å². The van der Waals surface area contributed by atoms with Crippen molar-refractivity contribution in [3.63, 3.8) is 0 Å². The number of nitrogens with one attached hydrogen (secondary N) is 2. The van der Waals surface area contributed by atoms with E-state index < -0.39 is 12.0 Å². The van der Waals surface area contributed by atoms with Crippen LogP contribution in [-0.4, -0.2) is 55.2 Å². The highest BCUT2D eigenvalue weighted by Gasteiger charge is 2.27. The van der Waals surface area contributed by atoms with Gasteiger partial charge in [-0.1, -0.05) is 52.4 Å². The Morgan fingerprint density at radius 2 is 1.30 bits per heavy atom. The first-order valence-electron chi connectivity index (χ1n) is 13.9. The van der Waals surface area contributed by atoms with Crippen molar-refractivity contribution in [3.05, 3.63) is 0 Å². The SMILES string of the molecule is CCCCCCCCCC(=O)NC(CCCN=C(N)N)C(=O)CC(CCCN=C(N)N)C(=O)NCCC. The molecule has 0 radical (unpaired) electrons. The summed E-state index contributed by atoms with van der Waals surface area (Å²) in [5, 5.41) is 5.77. The quantitative estimate of drug-likeness (QED) is 0.0663. The third kappa shape index (κ3) is 20.0. The average molecular weight is 525 g/mol. The monoisotopic (exact) mass is 524 g/mol. The molecule has 214 valence electrons. The molecule has 10 N–H and O–H groups in total. The van der Waals surface area contributed by atoms with Gasteiger partial charge in [-0.05, 0) is 38.5 Å². The summed E-state index contributed by atoms with van der Waals surface area (Å²) in [6, 6.07) is -0.689. The lowest BCUT2D eigenvalue weighted by Gasteiger charge is -2.21. The topological polar surface area (TPSA) is 204 Å². The van der Waals surface area contributed by atoms with Gasteiger partial charge in [-0.25, -0.2) is 0 Å². The number of carbonyl (C=O) groups is 3. The van der Waals surface area contributed by atoms with Gasteiger partial charge < -0.3 is 33.6 Å². The summed E-state index contributed by atoms with van der Waals surface area (Å²) in [4.78, 5) is 46.5. The smallest absolute Gasteiger partial charge is 0.223 e. The van der Waals surface area contributed by atoms with Crippen LogP contribution in [0.4, 0.5) is 0 Å². The first-order chi connectivity index (χ1) is 17.7. The number of rotatable bonds is 23. The van der Waals surface area contributed by atoms with E-state index in [0.29, 0.717) is 51.7 Å².